The van der Waals surface area contributed by atoms with Crippen LogP contribution in [-0.2, 0) is 16.2 Å². The van der Waals surface area contributed by atoms with Crippen molar-refractivity contribution < 1.29 is 19.3 Å². The molecular formula is C35H40N4O5. The molecule has 3 saturated heterocycles. The highest BCUT2D eigenvalue weighted by Gasteiger charge is 2.49. The summed E-state index contributed by atoms with van der Waals surface area (Å²) in [7, 11) is 0. The van der Waals surface area contributed by atoms with E-state index in [2.05, 4.69) is 71.1 Å². The summed E-state index contributed by atoms with van der Waals surface area (Å²) in [5, 5.41) is 13.2. The third kappa shape index (κ3) is 6.70. The van der Waals surface area contributed by atoms with Gasteiger partial charge in [0, 0.05) is 62.9 Å². The first-order chi connectivity index (χ1) is 21.5. The molecule has 0 N–H and O–H groups in total. The number of nitro groups is 1. The van der Waals surface area contributed by atoms with Crippen LogP contribution >= 0.6 is 0 Å². The number of fused-ring (bicyclic) bond motifs is 1. The fourth-order valence-electron chi connectivity index (χ4n) is 7.19. The average Bonchev–Trinajstić information content (AvgIpc) is 3.62. The van der Waals surface area contributed by atoms with Gasteiger partial charge in [-0.15, -0.1) is 6.58 Å². The van der Waals surface area contributed by atoms with E-state index in [4.69, 9.17) is 9.57 Å². The Hall–Kier alpha value is -4.05. The van der Waals surface area contributed by atoms with Gasteiger partial charge in [-0.2, -0.15) is 5.06 Å². The normalized spacial score (nSPS) is 24.1. The van der Waals surface area contributed by atoms with Gasteiger partial charge in [-0.3, -0.25) is 15.0 Å². The molecule has 0 unspecified atom stereocenters. The van der Waals surface area contributed by atoms with E-state index < -0.39 is 4.92 Å². The molecule has 3 aliphatic rings. The van der Waals surface area contributed by atoms with Crippen molar-refractivity contribution in [3.63, 3.8) is 0 Å². The minimum absolute atomic E-state index is 0.0112. The van der Waals surface area contributed by atoms with Gasteiger partial charge in [0.25, 0.3) is 5.69 Å². The highest BCUT2D eigenvalue weighted by Crippen LogP contribution is 2.48. The molecule has 230 valence electrons. The third-order valence-electron chi connectivity index (χ3n) is 9.34. The second kappa shape index (κ2) is 13.7. The predicted octanol–water partition coefficient (Wildman–Crippen LogP) is 6.34. The van der Waals surface area contributed by atoms with Crippen molar-refractivity contribution in [2.75, 3.05) is 32.7 Å². The molecule has 6 rings (SSSR count). The maximum Gasteiger partial charge on any atom is 0.410 e. The van der Waals surface area contributed by atoms with E-state index in [1.165, 1.54) is 23.3 Å². The SMILES string of the molecule is C=CCN(C(=O)OCc1ccc([N+](=O)[O-])cc1)C1CCN(C[C@H]2CN3O[C@H](c4ccccc4)C[C@H]3[C@@H]2c2ccccc2)CC1. The molecule has 3 aromatic carbocycles. The molecule has 3 aliphatic heterocycles. The van der Waals surface area contributed by atoms with Gasteiger partial charge in [0.05, 0.1) is 4.92 Å². The number of hydrogen-bond donors (Lipinski definition) is 0. The summed E-state index contributed by atoms with van der Waals surface area (Å²) in [4.78, 5) is 34.4. The van der Waals surface area contributed by atoms with Crippen LogP contribution in [0.5, 0.6) is 0 Å². The first-order valence-electron chi connectivity index (χ1n) is 15.5. The molecule has 0 spiro atoms. The van der Waals surface area contributed by atoms with Crippen LogP contribution in [0, 0.1) is 16.0 Å². The molecule has 0 aromatic heterocycles. The Bertz CT molecular complexity index is 1410. The van der Waals surface area contributed by atoms with Gasteiger partial charge in [0.2, 0.25) is 0 Å². The number of amides is 1. The van der Waals surface area contributed by atoms with E-state index in [0.717, 1.165) is 45.4 Å². The van der Waals surface area contributed by atoms with Gasteiger partial charge in [-0.1, -0.05) is 66.7 Å². The number of ether oxygens (including phenoxy) is 1. The Morgan fingerprint density at radius 3 is 2.30 bits per heavy atom. The second-order valence-corrected chi connectivity index (χ2v) is 12.1. The summed E-state index contributed by atoms with van der Waals surface area (Å²) >= 11 is 0. The van der Waals surface area contributed by atoms with Crippen LogP contribution in [0.15, 0.2) is 97.6 Å². The van der Waals surface area contributed by atoms with E-state index in [9.17, 15) is 14.9 Å². The van der Waals surface area contributed by atoms with Crippen LogP contribution in [0.2, 0.25) is 0 Å². The average molecular weight is 597 g/mol. The van der Waals surface area contributed by atoms with Crippen molar-refractivity contribution in [1.29, 1.82) is 0 Å². The van der Waals surface area contributed by atoms with Crippen LogP contribution in [0.3, 0.4) is 0 Å². The fourth-order valence-corrected chi connectivity index (χ4v) is 7.19. The van der Waals surface area contributed by atoms with E-state index in [-0.39, 0.29) is 30.5 Å². The summed E-state index contributed by atoms with van der Waals surface area (Å²) in [6.45, 7) is 8.05. The zero-order valence-corrected chi connectivity index (χ0v) is 24.9. The second-order valence-electron chi connectivity index (χ2n) is 12.1. The number of nitrogens with zero attached hydrogens (tertiary/aromatic N) is 4. The molecule has 0 radical (unpaired) electrons. The fraction of sp³-hybridized carbons (Fsp3) is 0.400. The molecule has 1 amide bonds. The number of rotatable bonds is 10. The molecule has 3 heterocycles. The Morgan fingerprint density at radius 2 is 1.66 bits per heavy atom. The predicted molar refractivity (Wildman–Crippen MR) is 168 cm³/mol. The van der Waals surface area contributed by atoms with Gasteiger partial charge in [-0.25, -0.2) is 4.79 Å². The molecule has 0 saturated carbocycles. The van der Waals surface area contributed by atoms with Crippen LogP contribution in [-0.4, -0.2) is 70.7 Å². The van der Waals surface area contributed by atoms with E-state index >= 15 is 0 Å². The van der Waals surface area contributed by atoms with Gasteiger partial charge in [0.15, 0.2) is 0 Å². The lowest BCUT2D eigenvalue weighted by Gasteiger charge is -2.39. The smallest absolute Gasteiger partial charge is 0.410 e. The Labute approximate surface area is 258 Å². The van der Waals surface area contributed by atoms with E-state index in [0.29, 0.717) is 30.0 Å². The zero-order valence-electron chi connectivity index (χ0n) is 24.9. The largest absolute Gasteiger partial charge is 0.445 e. The number of non-ortho nitro benzene ring substituents is 1. The number of hydrogen-bond acceptors (Lipinski definition) is 7. The number of piperidine rings is 1. The lowest BCUT2D eigenvalue weighted by atomic mass is 9.81. The number of nitro benzene ring substituents is 1. The first-order valence-corrected chi connectivity index (χ1v) is 15.5. The number of carbonyl (C=O) groups is 1. The summed E-state index contributed by atoms with van der Waals surface area (Å²) in [6.07, 6.45) is 4.16. The van der Waals surface area contributed by atoms with Crippen molar-refractivity contribution >= 4 is 11.8 Å². The number of benzene rings is 3. The van der Waals surface area contributed by atoms with Crippen molar-refractivity contribution in [3.8, 4) is 0 Å². The highest BCUT2D eigenvalue weighted by atomic mass is 16.7. The minimum atomic E-state index is -0.444. The molecule has 3 aromatic rings. The van der Waals surface area contributed by atoms with Gasteiger partial charge >= 0.3 is 6.09 Å². The molecular weight excluding hydrogens is 556 g/mol. The quantitative estimate of drug-likeness (QED) is 0.153. The van der Waals surface area contributed by atoms with Crippen molar-refractivity contribution in [3.05, 3.63) is 124 Å². The molecule has 0 bridgehead atoms. The van der Waals surface area contributed by atoms with Crippen LogP contribution in [0.4, 0.5) is 10.5 Å². The lowest BCUT2D eigenvalue weighted by Crippen LogP contribution is -2.48. The molecule has 3 fully saturated rings. The lowest BCUT2D eigenvalue weighted by molar-refractivity contribution is -0.384. The molecule has 9 nitrogen and oxygen atoms in total. The number of likely N-dealkylation sites (tertiary alicyclic amines) is 1. The number of carbonyl (C=O) groups excluding carboxylic acids is 1. The topological polar surface area (TPSA) is 88.4 Å². The van der Waals surface area contributed by atoms with Crippen molar-refractivity contribution in [2.45, 2.75) is 50.0 Å². The van der Waals surface area contributed by atoms with E-state index in [1.807, 2.05) is 6.07 Å². The maximum atomic E-state index is 13.1. The summed E-state index contributed by atoms with van der Waals surface area (Å²) < 4.78 is 5.61. The van der Waals surface area contributed by atoms with Crippen LogP contribution < -0.4 is 0 Å². The first kappa shape index (κ1) is 30.0. The van der Waals surface area contributed by atoms with Crippen molar-refractivity contribution in [1.82, 2.24) is 14.9 Å². The van der Waals surface area contributed by atoms with Crippen molar-refractivity contribution in [2.24, 2.45) is 5.92 Å². The molecule has 44 heavy (non-hydrogen) atoms. The van der Waals surface area contributed by atoms with Gasteiger partial charge in [-0.05, 0) is 54.0 Å². The zero-order chi connectivity index (χ0) is 30.5. The Balaban J connectivity index is 1.05. The number of hydroxylamine groups is 2. The molecule has 9 heteroatoms. The summed E-state index contributed by atoms with van der Waals surface area (Å²) in [5.41, 5.74) is 3.34. The Morgan fingerprint density at radius 1 is 1.00 bits per heavy atom. The molecule has 0 aliphatic carbocycles. The van der Waals surface area contributed by atoms with Gasteiger partial charge in [0.1, 0.15) is 12.7 Å². The monoisotopic (exact) mass is 596 g/mol. The molecule has 4 atom stereocenters. The minimum Gasteiger partial charge on any atom is -0.445 e. The van der Waals surface area contributed by atoms with E-state index in [1.54, 1.807) is 23.1 Å². The van der Waals surface area contributed by atoms with Gasteiger partial charge < -0.3 is 14.5 Å². The van der Waals surface area contributed by atoms with Crippen LogP contribution in [0.1, 0.15) is 48.0 Å². The standard InChI is InChI=1S/C35H40N4O5/c1-2-19-37(35(40)43-25-26-13-15-31(16-14-26)39(41)42)30-17-20-36(21-18-30)23-29-24-38-32(34(29)28-11-7-4-8-12-28)22-33(44-38)27-9-5-3-6-10-27/h2-16,29-30,32-34H,1,17-25H2/t29-,32-,33-,34+/m0/s1. The Kier molecular flexibility index (Phi) is 9.35. The highest BCUT2D eigenvalue weighted by molar-refractivity contribution is 5.68. The summed E-state index contributed by atoms with van der Waals surface area (Å²) in [6, 6.07) is 27.9. The van der Waals surface area contributed by atoms with Crippen LogP contribution in [0.25, 0.3) is 0 Å². The summed E-state index contributed by atoms with van der Waals surface area (Å²) in [5.74, 6) is 0.848. The third-order valence-corrected chi connectivity index (χ3v) is 9.34. The maximum absolute atomic E-state index is 13.1.